The molecule has 0 saturated carbocycles. The second-order valence-electron chi connectivity index (χ2n) is 14.8. The second-order valence-corrected chi connectivity index (χ2v) is 14.8. The van der Waals surface area contributed by atoms with Crippen LogP contribution < -0.4 is 0 Å². The second kappa shape index (κ2) is 13.0. The van der Waals surface area contributed by atoms with Crippen molar-refractivity contribution >= 4 is 5.69 Å². The Kier molecular flexibility index (Phi) is 7.45. The Morgan fingerprint density at radius 2 is 0.789 bits per heavy atom. The van der Waals surface area contributed by atoms with Gasteiger partial charge in [0, 0.05) is 16.7 Å². The van der Waals surface area contributed by atoms with Gasteiger partial charge >= 0.3 is 0 Å². The van der Waals surface area contributed by atoms with Crippen LogP contribution in [-0.4, -0.2) is 9.97 Å². The third kappa shape index (κ3) is 5.12. The van der Waals surface area contributed by atoms with Crippen LogP contribution in [0, 0.1) is 6.57 Å². The molecule has 9 aromatic rings. The smallest absolute Gasteiger partial charge is 0.187 e. The van der Waals surface area contributed by atoms with Gasteiger partial charge in [0.1, 0.15) is 0 Å². The van der Waals surface area contributed by atoms with Gasteiger partial charge in [0.15, 0.2) is 11.5 Å². The number of hydrogen-bond donors (Lipinski definition) is 0. The normalized spacial score (nSPS) is 12.7. The molecule has 57 heavy (non-hydrogen) atoms. The Hall–Kier alpha value is -7.67. The molecule has 0 saturated heterocycles. The fraction of sp³-hybridized carbons (Fsp3) is 0.0185. The lowest BCUT2D eigenvalue weighted by atomic mass is 9.70. The minimum Gasteiger partial charge on any atom is -0.238 e. The SMILES string of the molecule is [C-]#[N+]c1ccc2c(c1)-c1ccc(-c3ccc(-c4cc(-c5ccc(-c6ccccc6)cc5)nc(-c5ccccc5)n4)cc3)cc1C21c2ccccc2-c2ccccc21. The van der Waals surface area contributed by atoms with Crippen molar-refractivity contribution in [2.24, 2.45) is 0 Å². The summed E-state index contributed by atoms with van der Waals surface area (Å²) in [5.41, 5.74) is 19.5. The van der Waals surface area contributed by atoms with Gasteiger partial charge in [-0.05, 0) is 85.0 Å². The lowest BCUT2D eigenvalue weighted by molar-refractivity contribution is 0.794. The summed E-state index contributed by atoms with van der Waals surface area (Å²) < 4.78 is 0. The molecule has 0 bridgehead atoms. The first-order valence-corrected chi connectivity index (χ1v) is 19.3. The molecule has 0 atom stereocenters. The van der Waals surface area contributed by atoms with Crippen LogP contribution in [0.2, 0.25) is 0 Å². The quantitative estimate of drug-likeness (QED) is 0.166. The molecule has 0 aliphatic heterocycles. The van der Waals surface area contributed by atoms with E-state index in [-0.39, 0.29) is 0 Å². The molecule has 3 nitrogen and oxygen atoms in total. The molecule has 2 aliphatic carbocycles. The van der Waals surface area contributed by atoms with E-state index in [0.29, 0.717) is 11.5 Å². The minimum absolute atomic E-state index is 0.473. The average Bonchev–Trinajstić information content (AvgIpc) is 3.76. The third-order valence-corrected chi connectivity index (χ3v) is 11.8. The average molecular weight is 724 g/mol. The highest BCUT2D eigenvalue weighted by Gasteiger charge is 2.51. The van der Waals surface area contributed by atoms with Crippen LogP contribution in [0.1, 0.15) is 22.3 Å². The fourth-order valence-corrected chi connectivity index (χ4v) is 9.14. The molecule has 0 N–H and O–H groups in total. The number of nitrogens with zero attached hydrogens (tertiary/aromatic N) is 3. The molecular weight excluding hydrogens is 691 g/mol. The van der Waals surface area contributed by atoms with Crippen molar-refractivity contribution in [3.8, 4) is 78.4 Å². The van der Waals surface area contributed by atoms with Gasteiger partial charge < -0.3 is 0 Å². The van der Waals surface area contributed by atoms with E-state index in [1.54, 1.807) is 0 Å². The Morgan fingerprint density at radius 3 is 1.39 bits per heavy atom. The largest absolute Gasteiger partial charge is 0.238 e. The number of fused-ring (bicyclic) bond motifs is 10. The van der Waals surface area contributed by atoms with Crippen molar-refractivity contribution in [1.82, 2.24) is 9.97 Å². The summed E-state index contributed by atoms with van der Waals surface area (Å²) in [5, 5.41) is 0. The van der Waals surface area contributed by atoms with E-state index in [2.05, 4.69) is 175 Å². The first-order valence-electron chi connectivity index (χ1n) is 19.3. The summed E-state index contributed by atoms with van der Waals surface area (Å²) in [4.78, 5) is 14.0. The van der Waals surface area contributed by atoms with E-state index in [0.717, 1.165) is 44.8 Å². The van der Waals surface area contributed by atoms with Gasteiger partial charge in [0.2, 0.25) is 0 Å². The Morgan fingerprint density at radius 1 is 0.333 bits per heavy atom. The topological polar surface area (TPSA) is 30.1 Å². The first kappa shape index (κ1) is 32.7. The lowest BCUT2D eigenvalue weighted by Gasteiger charge is -2.30. The van der Waals surface area contributed by atoms with Crippen molar-refractivity contribution in [3.63, 3.8) is 0 Å². The lowest BCUT2D eigenvalue weighted by Crippen LogP contribution is -2.25. The maximum atomic E-state index is 7.82. The van der Waals surface area contributed by atoms with E-state index in [1.807, 2.05) is 30.3 Å². The van der Waals surface area contributed by atoms with E-state index in [4.69, 9.17) is 16.5 Å². The highest BCUT2D eigenvalue weighted by molar-refractivity contribution is 5.96. The van der Waals surface area contributed by atoms with Gasteiger partial charge in [-0.15, -0.1) is 0 Å². The monoisotopic (exact) mass is 723 g/mol. The Balaban J connectivity index is 1.01. The summed E-state index contributed by atoms with van der Waals surface area (Å²) in [6.45, 7) is 7.82. The number of hydrogen-bond acceptors (Lipinski definition) is 2. The van der Waals surface area contributed by atoms with Crippen LogP contribution in [0.5, 0.6) is 0 Å². The van der Waals surface area contributed by atoms with Crippen LogP contribution in [0.15, 0.2) is 200 Å². The zero-order valence-electron chi connectivity index (χ0n) is 30.9. The van der Waals surface area contributed by atoms with Crippen molar-refractivity contribution < 1.29 is 0 Å². The summed E-state index contributed by atoms with van der Waals surface area (Å²) >= 11 is 0. The van der Waals surface area contributed by atoms with E-state index >= 15 is 0 Å². The summed E-state index contributed by atoms with van der Waals surface area (Å²) in [6, 6.07) is 70.9. The van der Waals surface area contributed by atoms with Crippen LogP contribution in [0.25, 0.3) is 83.3 Å². The van der Waals surface area contributed by atoms with E-state index < -0.39 is 5.41 Å². The number of aromatic nitrogens is 2. The first-order chi connectivity index (χ1) is 28.2. The molecule has 0 radical (unpaired) electrons. The van der Waals surface area contributed by atoms with Crippen molar-refractivity contribution in [1.29, 1.82) is 0 Å². The van der Waals surface area contributed by atoms with E-state index in [1.165, 1.54) is 50.1 Å². The molecular formula is C54H33N3. The van der Waals surface area contributed by atoms with Crippen LogP contribution >= 0.6 is 0 Å². The van der Waals surface area contributed by atoms with Crippen LogP contribution in [-0.2, 0) is 5.41 Å². The van der Waals surface area contributed by atoms with Gasteiger partial charge in [-0.3, -0.25) is 0 Å². The molecule has 11 rings (SSSR count). The number of benzene rings is 8. The highest BCUT2D eigenvalue weighted by atomic mass is 14.9. The molecule has 1 heterocycles. The molecule has 8 aromatic carbocycles. The molecule has 2 aliphatic rings. The zero-order valence-corrected chi connectivity index (χ0v) is 30.9. The highest BCUT2D eigenvalue weighted by Crippen LogP contribution is 2.63. The predicted molar refractivity (Wildman–Crippen MR) is 232 cm³/mol. The maximum Gasteiger partial charge on any atom is 0.187 e. The number of rotatable bonds is 5. The maximum absolute atomic E-state index is 7.82. The summed E-state index contributed by atoms with van der Waals surface area (Å²) in [6.07, 6.45) is 0. The van der Waals surface area contributed by atoms with Gasteiger partial charge in [-0.2, -0.15) is 0 Å². The molecule has 1 spiro atoms. The standard InChI is InChI=1S/C54H33N3/c1-55-42-29-31-49-46(33-42)45-30-28-41(32-50(45)54(49)47-18-10-8-16-43(47)44-17-9-11-19-48(44)54)37-22-26-39(27-23-37)52-34-51(56-53(57-52)40-14-6-3-7-15-40)38-24-20-36(21-25-38)35-12-4-2-5-13-35/h2-34H. The van der Waals surface area contributed by atoms with Crippen LogP contribution in [0.4, 0.5) is 5.69 Å². The third-order valence-electron chi connectivity index (χ3n) is 11.8. The Labute approximate surface area is 332 Å². The molecule has 264 valence electrons. The Bertz CT molecular complexity index is 3000. The zero-order chi connectivity index (χ0) is 37.9. The van der Waals surface area contributed by atoms with E-state index in [9.17, 15) is 0 Å². The molecule has 0 amide bonds. The minimum atomic E-state index is -0.473. The van der Waals surface area contributed by atoms with Gasteiger partial charge in [0.05, 0.1) is 23.4 Å². The molecule has 0 unspecified atom stereocenters. The van der Waals surface area contributed by atoms with Crippen LogP contribution in [0.3, 0.4) is 0 Å². The molecule has 0 fully saturated rings. The molecule has 1 aromatic heterocycles. The summed E-state index contributed by atoms with van der Waals surface area (Å²) in [7, 11) is 0. The predicted octanol–water partition coefficient (Wildman–Crippen LogP) is 13.7. The van der Waals surface area contributed by atoms with Gasteiger partial charge in [0.25, 0.3) is 0 Å². The molecule has 3 heteroatoms. The fourth-order valence-electron chi connectivity index (χ4n) is 9.14. The van der Waals surface area contributed by atoms with Crippen molar-refractivity contribution in [2.45, 2.75) is 5.41 Å². The van der Waals surface area contributed by atoms with Crippen molar-refractivity contribution in [3.05, 3.63) is 234 Å². The van der Waals surface area contributed by atoms with Gasteiger partial charge in [-0.25, -0.2) is 14.8 Å². The summed E-state index contributed by atoms with van der Waals surface area (Å²) in [5.74, 6) is 0.696. The van der Waals surface area contributed by atoms with Gasteiger partial charge in [-0.1, -0.05) is 182 Å². The van der Waals surface area contributed by atoms with Crippen molar-refractivity contribution in [2.75, 3.05) is 0 Å².